The number of ether oxygens (including phenoxy) is 2. The summed E-state index contributed by atoms with van der Waals surface area (Å²) in [5.74, 6) is 1.77. The van der Waals surface area contributed by atoms with E-state index < -0.39 is 0 Å². The molecule has 118 valence electrons. The minimum absolute atomic E-state index is 0.0463. The average molecular weight is 321 g/mol. The Kier molecular flexibility index (Phi) is 6.27. The van der Waals surface area contributed by atoms with Crippen LogP contribution in [0.5, 0.6) is 11.5 Å². The second kappa shape index (κ2) is 8.43. The molecule has 0 aromatic heterocycles. The van der Waals surface area contributed by atoms with Crippen molar-refractivity contribution in [2.24, 2.45) is 10.2 Å². The Morgan fingerprint density at radius 3 is 2.86 bits per heavy atom. The summed E-state index contributed by atoms with van der Waals surface area (Å²) in [5, 5.41) is 11.1. The fourth-order valence-electron chi connectivity index (χ4n) is 1.73. The quantitative estimate of drug-likeness (QED) is 0.618. The number of hydrogen-bond acceptors (Lipinski definition) is 6. The van der Waals surface area contributed by atoms with Crippen molar-refractivity contribution in [1.82, 2.24) is 5.32 Å². The van der Waals surface area contributed by atoms with Crippen molar-refractivity contribution in [2.45, 2.75) is 20.3 Å². The minimum Gasteiger partial charge on any atom is -0.490 e. The van der Waals surface area contributed by atoms with Crippen LogP contribution in [0.3, 0.4) is 0 Å². The maximum atomic E-state index is 11.0. The number of thioether (sulfide) groups is 1. The first-order valence-corrected chi connectivity index (χ1v) is 8.14. The summed E-state index contributed by atoms with van der Waals surface area (Å²) in [6.45, 7) is 5.20. The Morgan fingerprint density at radius 1 is 1.32 bits per heavy atom. The Hall–Kier alpha value is -2.02. The van der Waals surface area contributed by atoms with Crippen LogP contribution in [0.4, 0.5) is 0 Å². The SMILES string of the molecule is CCCOc1ccc(C=NN=C2NC(=O)CS2)cc1OCC. The van der Waals surface area contributed by atoms with Gasteiger partial charge in [-0.05, 0) is 37.1 Å². The molecule has 0 aliphatic carbocycles. The maximum Gasteiger partial charge on any atom is 0.236 e. The fraction of sp³-hybridized carbons (Fsp3) is 0.400. The van der Waals surface area contributed by atoms with Crippen LogP contribution in [0, 0.1) is 0 Å². The van der Waals surface area contributed by atoms with Gasteiger partial charge in [0.25, 0.3) is 0 Å². The molecule has 1 saturated heterocycles. The lowest BCUT2D eigenvalue weighted by Gasteiger charge is -2.11. The summed E-state index contributed by atoms with van der Waals surface area (Å²) in [6.07, 6.45) is 2.56. The first-order chi connectivity index (χ1) is 10.7. The zero-order valence-electron chi connectivity index (χ0n) is 12.7. The van der Waals surface area contributed by atoms with Crippen LogP contribution in [-0.2, 0) is 4.79 Å². The van der Waals surface area contributed by atoms with E-state index in [4.69, 9.17) is 9.47 Å². The predicted octanol–water partition coefficient (Wildman–Crippen LogP) is 2.43. The predicted molar refractivity (Wildman–Crippen MR) is 89.0 cm³/mol. The number of carbonyl (C=O) groups is 1. The standard InChI is InChI=1S/C15H19N3O3S/c1-3-7-21-12-6-5-11(8-13(12)20-4-2)9-16-18-15-17-14(19)10-22-15/h5-6,8-9H,3-4,7,10H2,1-2H3,(H,17,18,19). The second-order valence-corrected chi connectivity index (χ2v) is 5.44. The van der Waals surface area contributed by atoms with Crippen molar-refractivity contribution >= 4 is 29.1 Å². The number of amidine groups is 1. The van der Waals surface area contributed by atoms with Crippen LogP contribution in [0.15, 0.2) is 28.4 Å². The normalized spacial score (nSPS) is 16.3. The van der Waals surface area contributed by atoms with Gasteiger partial charge in [-0.1, -0.05) is 18.7 Å². The molecular formula is C15H19N3O3S. The molecule has 0 spiro atoms. The topological polar surface area (TPSA) is 72.3 Å². The summed E-state index contributed by atoms with van der Waals surface area (Å²) in [5.41, 5.74) is 0.853. The molecular weight excluding hydrogens is 302 g/mol. The van der Waals surface area contributed by atoms with Gasteiger partial charge >= 0.3 is 0 Å². The summed E-state index contributed by atoms with van der Waals surface area (Å²) < 4.78 is 11.2. The van der Waals surface area contributed by atoms with E-state index >= 15 is 0 Å². The molecule has 1 aromatic rings. The molecule has 1 aromatic carbocycles. The summed E-state index contributed by atoms with van der Waals surface area (Å²) in [4.78, 5) is 11.0. The van der Waals surface area contributed by atoms with Gasteiger partial charge in [0.2, 0.25) is 5.91 Å². The molecule has 0 unspecified atom stereocenters. The third-order valence-electron chi connectivity index (χ3n) is 2.67. The number of rotatable bonds is 7. The Morgan fingerprint density at radius 2 is 2.18 bits per heavy atom. The lowest BCUT2D eigenvalue weighted by Crippen LogP contribution is -2.19. The van der Waals surface area contributed by atoms with Crippen molar-refractivity contribution in [2.75, 3.05) is 19.0 Å². The van der Waals surface area contributed by atoms with E-state index in [0.717, 1.165) is 17.7 Å². The van der Waals surface area contributed by atoms with E-state index in [2.05, 4.69) is 22.4 Å². The molecule has 7 heteroatoms. The van der Waals surface area contributed by atoms with Crippen molar-refractivity contribution in [3.8, 4) is 11.5 Å². The molecule has 22 heavy (non-hydrogen) atoms. The summed E-state index contributed by atoms with van der Waals surface area (Å²) >= 11 is 1.34. The zero-order chi connectivity index (χ0) is 15.8. The highest BCUT2D eigenvalue weighted by atomic mass is 32.2. The number of benzene rings is 1. The van der Waals surface area contributed by atoms with Gasteiger partial charge in [-0.25, -0.2) is 0 Å². The van der Waals surface area contributed by atoms with Crippen LogP contribution >= 0.6 is 11.8 Å². The molecule has 1 aliphatic heterocycles. The van der Waals surface area contributed by atoms with Crippen molar-refractivity contribution in [1.29, 1.82) is 0 Å². The Bertz CT molecular complexity index is 587. The molecule has 1 amide bonds. The van der Waals surface area contributed by atoms with Crippen molar-refractivity contribution in [3.05, 3.63) is 23.8 Å². The molecule has 1 fully saturated rings. The summed E-state index contributed by atoms with van der Waals surface area (Å²) in [6, 6.07) is 5.61. The monoisotopic (exact) mass is 321 g/mol. The molecule has 1 heterocycles. The van der Waals surface area contributed by atoms with E-state index in [1.54, 1.807) is 6.21 Å². The number of nitrogens with zero attached hydrogens (tertiary/aromatic N) is 2. The van der Waals surface area contributed by atoms with Gasteiger partial charge in [-0.3, -0.25) is 4.79 Å². The first kappa shape index (κ1) is 16.4. The van der Waals surface area contributed by atoms with Crippen LogP contribution in [0.1, 0.15) is 25.8 Å². The highest BCUT2D eigenvalue weighted by Crippen LogP contribution is 2.28. The van der Waals surface area contributed by atoms with Gasteiger partial charge in [0, 0.05) is 0 Å². The number of hydrogen-bond donors (Lipinski definition) is 1. The van der Waals surface area contributed by atoms with Crippen molar-refractivity contribution < 1.29 is 14.3 Å². The minimum atomic E-state index is -0.0463. The molecule has 0 atom stereocenters. The molecule has 0 radical (unpaired) electrons. The van der Waals surface area contributed by atoms with E-state index in [-0.39, 0.29) is 5.91 Å². The van der Waals surface area contributed by atoms with Gasteiger partial charge in [-0.15, -0.1) is 5.10 Å². The van der Waals surface area contributed by atoms with Crippen LogP contribution in [0.2, 0.25) is 0 Å². The molecule has 0 bridgehead atoms. The zero-order valence-corrected chi connectivity index (χ0v) is 13.5. The molecule has 2 rings (SSSR count). The Labute approximate surface area is 134 Å². The molecule has 0 saturated carbocycles. The third kappa shape index (κ3) is 4.77. The van der Waals surface area contributed by atoms with Crippen LogP contribution in [0.25, 0.3) is 0 Å². The lowest BCUT2D eigenvalue weighted by molar-refractivity contribution is -0.116. The largest absolute Gasteiger partial charge is 0.490 e. The van der Waals surface area contributed by atoms with Crippen molar-refractivity contribution in [3.63, 3.8) is 0 Å². The number of amides is 1. The van der Waals surface area contributed by atoms with Gasteiger partial charge in [0.05, 0.1) is 25.2 Å². The molecule has 6 nitrogen and oxygen atoms in total. The smallest absolute Gasteiger partial charge is 0.236 e. The number of carbonyl (C=O) groups excluding carboxylic acids is 1. The fourth-order valence-corrected chi connectivity index (χ4v) is 2.36. The first-order valence-electron chi connectivity index (χ1n) is 7.16. The summed E-state index contributed by atoms with van der Waals surface area (Å²) in [7, 11) is 0. The number of nitrogens with one attached hydrogen (secondary N) is 1. The highest BCUT2D eigenvalue weighted by molar-refractivity contribution is 8.15. The maximum absolute atomic E-state index is 11.0. The van der Waals surface area contributed by atoms with Gasteiger partial charge in [-0.2, -0.15) is 5.10 Å². The van der Waals surface area contributed by atoms with E-state index in [1.165, 1.54) is 11.8 Å². The molecule has 1 aliphatic rings. The van der Waals surface area contributed by atoms with Gasteiger partial charge in [0.1, 0.15) is 0 Å². The van der Waals surface area contributed by atoms with Crippen LogP contribution in [-0.4, -0.2) is 36.3 Å². The molecule has 1 N–H and O–H groups in total. The van der Waals surface area contributed by atoms with Crippen LogP contribution < -0.4 is 14.8 Å². The van der Waals surface area contributed by atoms with E-state index in [9.17, 15) is 4.79 Å². The van der Waals surface area contributed by atoms with Gasteiger partial charge in [0.15, 0.2) is 16.7 Å². The Balaban J connectivity index is 2.07. The average Bonchev–Trinajstić information content (AvgIpc) is 2.92. The second-order valence-electron chi connectivity index (χ2n) is 4.47. The van der Waals surface area contributed by atoms with E-state index in [1.807, 2.05) is 25.1 Å². The highest BCUT2D eigenvalue weighted by Gasteiger charge is 2.15. The van der Waals surface area contributed by atoms with Gasteiger partial charge < -0.3 is 14.8 Å². The van der Waals surface area contributed by atoms with E-state index in [0.29, 0.717) is 29.9 Å². The third-order valence-corrected chi connectivity index (χ3v) is 3.53. The lowest BCUT2D eigenvalue weighted by atomic mass is 10.2.